The Hall–Kier alpha value is -1.46. The Kier molecular flexibility index (Phi) is 5.09. The standard InChI is InChI=1S/C15H24N4O/c1-11-4-3-5-13(17-11)10-19(2)14(9-16)8-15(20)18-12-6-7-12/h3-5,12,14H,6-10,16H2,1-2H3,(H,18,20). The van der Waals surface area contributed by atoms with E-state index in [1.807, 2.05) is 32.2 Å². The first-order valence-electron chi connectivity index (χ1n) is 7.20. The van der Waals surface area contributed by atoms with Crippen LogP contribution in [0.15, 0.2) is 18.2 Å². The molecule has 2 rings (SSSR count). The van der Waals surface area contributed by atoms with Gasteiger partial charge >= 0.3 is 0 Å². The minimum absolute atomic E-state index is 0.0519. The molecule has 1 fully saturated rings. The second-order valence-corrected chi connectivity index (χ2v) is 5.62. The molecule has 1 aliphatic rings. The Morgan fingerprint density at radius 2 is 2.30 bits per heavy atom. The fraction of sp³-hybridized carbons (Fsp3) is 0.600. The molecule has 5 heteroatoms. The summed E-state index contributed by atoms with van der Waals surface area (Å²) in [7, 11) is 1.99. The molecule has 0 radical (unpaired) electrons. The number of carbonyl (C=O) groups is 1. The summed E-state index contributed by atoms with van der Waals surface area (Å²) in [5.41, 5.74) is 7.82. The van der Waals surface area contributed by atoms with Crippen molar-refractivity contribution in [3.63, 3.8) is 0 Å². The maximum atomic E-state index is 11.9. The number of hydrogen-bond acceptors (Lipinski definition) is 4. The van der Waals surface area contributed by atoms with Crippen LogP contribution in [0, 0.1) is 6.92 Å². The molecule has 1 aromatic heterocycles. The van der Waals surface area contributed by atoms with Crippen LogP contribution in [-0.2, 0) is 11.3 Å². The molecule has 0 bridgehead atoms. The van der Waals surface area contributed by atoms with Gasteiger partial charge in [-0.1, -0.05) is 6.07 Å². The number of likely N-dealkylation sites (N-methyl/N-ethyl adjacent to an activating group) is 1. The Morgan fingerprint density at radius 1 is 1.55 bits per heavy atom. The third-order valence-corrected chi connectivity index (χ3v) is 3.62. The minimum Gasteiger partial charge on any atom is -0.353 e. The van der Waals surface area contributed by atoms with Crippen LogP contribution in [0.1, 0.15) is 30.7 Å². The van der Waals surface area contributed by atoms with Crippen LogP contribution in [0.25, 0.3) is 0 Å². The van der Waals surface area contributed by atoms with Crippen LogP contribution < -0.4 is 11.1 Å². The van der Waals surface area contributed by atoms with Gasteiger partial charge in [-0.15, -0.1) is 0 Å². The van der Waals surface area contributed by atoms with Crippen molar-refractivity contribution >= 4 is 5.91 Å². The topological polar surface area (TPSA) is 71.2 Å². The van der Waals surface area contributed by atoms with Gasteiger partial charge in [0.2, 0.25) is 5.91 Å². The lowest BCUT2D eigenvalue weighted by molar-refractivity contribution is -0.122. The molecule has 1 amide bonds. The summed E-state index contributed by atoms with van der Waals surface area (Å²) in [4.78, 5) is 18.5. The van der Waals surface area contributed by atoms with E-state index in [0.29, 0.717) is 25.6 Å². The molecule has 1 atom stereocenters. The van der Waals surface area contributed by atoms with Crippen molar-refractivity contribution in [2.24, 2.45) is 5.73 Å². The number of pyridine rings is 1. The van der Waals surface area contributed by atoms with Crippen molar-refractivity contribution < 1.29 is 4.79 Å². The van der Waals surface area contributed by atoms with Gasteiger partial charge < -0.3 is 11.1 Å². The van der Waals surface area contributed by atoms with E-state index in [-0.39, 0.29) is 11.9 Å². The fourth-order valence-electron chi connectivity index (χ4n) is 2.22. The Balaban J connectivity index is 1.87. The zero-order valence-electron chi connectivity index (χ0n) is 12.3. The van der Waals surface area contributed by atoms with E-state index in [1.54, 1.807) is 0 Å². The molecule has 1 heterocycles. The highest BCUT2D eigenvalue weighted by Crippen LogP contribution is 2.19. The van der Waals surface area contributed by atoms with Gasteiger partial charge in [0.05, 0.1) is 5.69 Å². The summed E-state index contributed by atoms with van der Waals surface area (Å²) < 4.78 is 0. The molecule has 1 aliphatic carbocycles. The highest BCUT2D eigenvalue weighted by Gasteiger charge is 2.25. The van der Waals surface area contributed by atoms with Crippen LogP contribution in [0.2, 0.25) is 0 Å². The molecule has 0 spiro atoms. The van der Waals surface area contributed by atoms with Crippen LogP contribution in [0.4, 0.5) is 0 Å². The van der Waals surface area contributed by atoms with E-state index >= 15 is 0 Å². The first-order valence-corrected chi connectivity index (χ1v) is 7.20. The second kappa shape index (κ2) is 6.81. The third kappa shape index (κ3) is 4.58. The summed E-state index contributed by atoms with van der Waals surface area (Å²) in [6.07, 6.45) is 2.68. The van der Waals surface area contributed by atoms with Gasteiger partial charge in [-0.05, 0) is 38.9 Å². The van der Waals surface area contributed by atoms with Crippen molar-refractivity contribution in [3.05, 3.63) is 29.6 Å². The number of rotatable bonds is 7. The Morgan fingerprint density at radius 3 is 2.90 bits per heavy atom. The fourth-order valence-corrected chi connectivity index (χ4v) is 2.22. The van der Waals surface area contributed by atoms with Gasteiger partial charge in [-0.3, -0.25) is 14.7 Å². The van der Waals surface area contributed by atoms with Crippen LogP contribution in [0.3, 0.4) is 0 Å². The molecule has 1 aromatic rings. The largest absolute Gasteiger partial charge is 0.353 e. The zero-order chi connectivity index (χ0) is 14.5. The molecule has 1 saturated carbocycles. The number of nitrogens with two attached hydrogens (primary N) is 1. The van der Waals surface area contributed by atoms with Crippen LogP contribution >= 0.6 is 0 Å². The second-order valence-electron chi connectivity index (χ2n) is 5.62. The normalized spacial score (nSPS) is 16.2. The molecule has 1 unspecified atom stereocenters. The van der Waals surface area contributed by atoms with E-state index in [4.69, 9.17) is 5.73 Å². The number of aryl methyl sites for hydroxylation is 1. The van der Waals surface area contributed by atoms with E-state index in [2.05, 4.69) is 15.2 Å². The molecular formula is C15H24N4O. The first-order chi connectivity index (χ1) is 9.58. The predicted octanol–water partition coefficient (Wildman–Crippen LogP) is 0.818. The summed E-state index contributed by atoms with van der Waals surface area (Å²) in [5.74, 6) is 0.104. The lowest BCUT2D eigenvalue weighted by Crippen LogP contribution is -2.42. The van der Waals surface area contributed by atoms with Crippen molar-refractivity contribution in [3.8, 4) is 0 Å². The quantitative estimate of drug-likeness (QED) is 0.773. The predicted molar refractivity (Wildman–Crippen MR) is 79.1 cm³/mol. The first kappa shape index (κ1) is 14.9. The maximum Gasteiger partial charge on any atom is 0.221 e. The van der Waals surface area contributed by atoms with Gasteiger partial charge in [-0.2, -0.15) is 0 Å². The Labute approximate surface area is 120 Å². The summed E-state index contributed by atoms with van der Waals surface area (Å²) in [6.45, 7) is 3.16. The lowest BCUT2D eigenvalue weighted by atomic mass is 10.1. The van der Waals surface area contributed by atoms with Crippen molar-refractivity contribution in [1.29, 1.82) is 0 Å². The summed E-state index contributed by atoms with van der Waals surface area (Å²) in [5, 5.41) is 3.01. The minimum atomic E-state index is 0.0519. The lowest BCUT2D eigenvalue weighted by Gasteiger charge is -2.26. The van der Waals surface area contributed by atoms with Crippen LogP contribution in [0.5, 0.6) is 0 Å². The number of aromatic nitrogens is 1. The molecule has 0 saturated heterocycles. The SMILES string of the molecule is Cc1cccc(CN(C)C(CN)CC(=O)NC2CC2)n1. The highest BCUT2D eigenvalue weighted by molar-refractivity contribution is 5.77. The molecule has 3 N–H and O–H groups in total. The van der Waals surface area contributed by atoms with E-state index in [0.717, 1.165) is 24.2 Å². The van der Waals surface area contributed by atoms with Crippen molar-refractivity contribution in [2.45, 2.75) is 44.8 Å². The molecular weight excluding hydrogens is 252 g/mol. The van der Waals surface area contributed by atoms with Gasteiger partial charge in [0.1, 0.15) is 0 Å². The van der Waals surface area contributed by atoms with E-state index in [1.165, 1.54) is 0 Å². The number of hydrogen-bond donors (Lipinski definition) is 2. The number of nitrogens with zero attached hydrogens (tertiary/aromatic N) is 2. The smallest absolute Gasteiger partial charge is 0.221 e. The van der Waals surface area contributed by atoms with Crippen molar-refractivity contribution in [1.82, 2.24) is 15.2 Å². The monoisotopic (exact) mass is 276 g/mol. The molecule has 0 aromatic carbocycles. The average Bonchev–Trinajstić information content (AvgIpc) is 3.19. The number of nitrogens with one attached hydrogen (secondary N) is 1. The average molecular weight is 276 g/mol. The highest BCUT2D eigenvalue weighted by atomic mass is 16.1. The van der Waals surface area contributed by atoms with Gasteiger partial charge in [0.25, 0.3) is 0 Å². The van der Waals surface area contributed by atoms with Gasteiger partial charge in [-0.25, -0.2) is 0 Å². The third-order valence-electron chi connectivity index (χ3n) is 3.62. The molecule has 0 aliphatic heterocycles. The van der Waals surface area contributed by atoms with E-state index < -0.39 is 0 Å². The van der Waals surface area contributed by atoms with Gasteiger partial charge in [0.15, 0.2) is 0 Å². The Bertz CT molecular complexity index is 459. The number of amides is 1. The maximum absolute atomic E-state index is 11.9. The van der Waals surface area contributed by atoms with Crippen LogP contribution in [-0.4, -0.2) is 41.5 Å². The molecule has 110 valence electrons. The number of carbonyl (C=O) groups excluding carboxylic acids is 1. The molecule has 20 heavy (non-hydrogen) atoms. The summed E-state index contributed by atoms with van der Waals surface area (Å²) >= 11 is 0. The van der Waals surface area contributed by atoms with Gasteiger partial charge in [0, 0.05) is 37.3 Å². The zero-order valence-corrected chi connectivity index (χ0v) is 12.3. The van der Waals surface area contributed by atoms with E-state index in [9.17, 15) is 4.79 Å². The molecule has 5 nitrogen and oxygen atoms in total. The summed E-state index contributed by atoms with van der Waals surface area (Å²) in [6, 6.07) is 6.44. The van der Waals surface area contributed by atoms with Crippen molar-refractivity contribution in [2.75, 3.05) is 13.6 Å².